The Balaban J connectivity index is 1.56. The lowest BCUT2D eigenvalue weighted by atomic mass is 9.94. The average molecular weight is 432 g/mol. The third-order valence-electron chi connectivity index (χ3n) is 4.98. The standard InChI is InChI=1S/C22H29FN4O4/c1-14(24-21(29)30-22(2,3)4)20(28)27-11-7-8-15(13-27)12-18-25-19(26-31-18)16-9-5-6-10-17(16)23/h5-6,9-10,14-15H,7-8,11-13H2,1-4H3,(H,24,29). The fourth-order valence-corrected chi connectivity index (χ4v) is 3.59. The first-order valence-corrected chi connectivity index (χ1v) is 10.5. The van der Waals surface area contributed by atoms with Crippen LogP contribution in [0.4, 0.5) is 9.18 Å². The van der Waals surface area contributed by atoms with E-state index < -0.39 is 23.6 Å². The van der Waals surface area contributed by atoms with E-state index in [0.717, 1.165) is 12.8 Å². The van der Waals surface area contributed by atoms with E-state index in [1.54, 1.807) is 50.8 Å². The summed E-state index contributed by atoms with van der Waals surface area (Å²) in [7, 11) is 0. The molecule has 2 aromatic rings. The minimum atomic E-state index is -0.690. The highest BCUT2D eigenvalue weighted by molar-refractivity contribution is 5.85. The Morgan fingerprint density at radius 1 is 1.35 bits per heavy atom. The topological polar surface area (TPSA) is 97.6 Å². The van der Waals surface area contributed by atoms with Gasteiger partial charge >= 0.3 is 6.09 Å². The summed E-state index contributed by atoms with van der Waals surface area (Å²) < 4.78 is 24.5. The summed E-state index contributed by atoms with van der Waals surface area (Å²) in [5.41, 5.74) is -0.339. The molecule has 1 saturated heterocycles. The van der Waals surface area contributed by atoms with Gasteiger partial charge in [0.1, 0.15) is 17.5 Å². The van der Waals surface area contributed by atoms with Crippen LogP contribution < -0.4 is 5.32 Å². The van der Waals surface area contributed by atoms with Gasteiger partial charge in [-0.2, -0.15) is 4.98 Å². The third kappa shape index (κ3) is 6.26. The molecule has 1 aliphatic heterocycles. The van der Waals surface area contributed by atoms with Crippen molar-refractivity contribution >= 4 is 12.0 Å². The number of hydrogen-bond acceptors (Lipinski definition) is 6. The Hall–Kier alpha value is -2.97. The van der Waals surface area contributed by atoms with Crippen LogP contribution >= 0.6 is 0 Å². The van der Waals surface area contributed by atoms with Gasteiger partial charge in [-0.3, -0.25) is 4.79 Å². The van der Waals surface area contributed by atoms with Gasteiger partial charge in [-0.05, 0) is 58.6 Å². The fraction of sp³-hybridized carbons (Fsp3) is 0.545. The molecule has 1 fully saturated rings. The van der Waals surface area contributed by atoms with Crippen molar-refractivity contribution in [3.63, 3.8) is 0 Å². The van der Waals surface area contributed by atoms with Crippen molar-refractivity contribution in [1.29, 1.82) is 0 Å². The Labute approximate surface area is 181 Å². The van der Waals surface area contributed by atoms with Crippen LogP contribution in [-0.2, 0) is 16.0 Å². The lowest BCUT2D eigenvalue weighted by Gasteiger charge is -2.34. The van der Waals surface area contributed by atoms with Crippen molar-refractivity contribution in [2.45, 2.75) is 58.6 Å². The number of alkyl carbamates (subject to hydrolysis) is 1. The van der Waals surface area contributed by atoms with Crippen LogP contribution in [0.25, 0.3) is 11.4 Å². The molecule has 8 nitrogen and oxygen atoms in total. The predicted molar refractivity (Wildman–Crippen MR) is 112 cm³/mol. The molecule has 2 amide bonds. The molecule has 168 valence electrons. The van der Waals surface area contributed by atoms with Gasteiger partial charge < -0.3 is 19.5 Å². The predicted octanol–water partition coefficient (Wildman–Crippen LogP) is 3.57. The number of carbonyl (C=O) groups excluding carboxylic acids is 2. The van der Waals surface area contributed by atoms with Gasteiger partial charge in [0.2, 0.25) is 17.6 Å². The van der Waals surface area contributed by atoms with Crippen LogP contribution in [0.1, 0.15) is 46.4 Å². The highest BCUT2D eigenvalue weighted by atomic mass is 19.1. The van der Waals surface area contributed by atoms with Crippen LogP contribution in [0.15, 0.2) is 28.8 Å². The smallest absolute Gasteiger partial charge is 0.408 e. The largest absolute Gasteiger partial charge is 0.444 e. The van der Waals surface area contributed by atoms with Crippen molar-refractivity contribution in [3.05, 3.63) is 36.0 Å². The number of halogens is 1. The van der Waals surface area contributed by atoms with Gasteiger partial charge in [-0.25, -0.2) is 9.18 Å². The van der Waals surface area contributed by atoms with Gasteiger partial charge in [-0.15, -0.1) is 0 Å². The number of nitrogens with zero attached hydrogens (tertiary/aromatic N) is 3. The van der Waals surface area contributed by atoms with Crippen LogP contribution in [0, 0.1) is 11.7 Å². The molecule has 1 aliphatic rings. The summed E-state index contributed by atoms with van der Waals surface area (Å²) in [4.78, 5) is 30.8. The lowest BCUT2D eigenvalue weighted by molar-refractivity contribution is -0.134. The Bertz CT molecular complexity index is 924. The number of benzene rings is 1. The van der Waals surface area contributed by atoms with Crippen molar-refractivity contribution in [2.24, 2.45) is 5.92 Å². The number of carbonyl (C=O) groups is 2. The molecule has 1 N–H and O–H groups in total. The van der Waals surface area contributed by atoms with E-state index in [4.69, 9.17) is 9.26 Å². The fourth-order valence-electron chi connectivity index (χ4n) is 3.59. The van der Waals surface area contributed by atoms with Gasteiger partial charge in [-0.1, -0.05) is 17.3 Å². The molecule has 3 rings (SSSR count). The van der Waals surface area contributed by atoms with E-state index in [0.29, 0.717) is 31.0 Å². The van der Waals surface area contributed by atoms with E-state index in [2.05, 4.69) is 15.5 Å². The summed E-state index contributed by atoms with van der Waals surface area (Å²) in [5, 5.41) is 6.48. The molecule has 0 saturated carbocycles. The lowest BCUT2D eigenvalue weighted by Crippen LogP contribution is -2.51. The zero-order chi connectivity index (χ0) is 22.6. The number of rotatable bonds is 5. The summed E-state index contributed by atoms with van der Waals surface area (Å²) in [6, 6.07) is 5.58. The maximum absolute atomic E-state index is 13.9. The maximum atomic E-state index is 13.9. The minimum Gasteiger partial charge on any atom is -0.444 e. The molecule has 2 heterocycles. The quantitative estimate of drug-likeness (QED) is 0.776. The number of likely N-dealkylation sites (tertiary alicyclic amines) is 1. The monoisotopic (exact) mass is 432 g/mol. The molecule has 9 heteroatoms. The van der Waals surface area contributed by atoms with Crippen molar-refractivity contribution in [2.75, 3.05) is 13.1 Å². The Morgan fingerprint density at radius 3 is 2.81 bits per heavy atom. The molecule has 0 aliphatic carbocycles. The maximum Gasteiger partial charge on any atom is 0.408 e. The molecular weight excluding hydrogens is 403 g/mol. The van der Waals surface area contributed by atoms with Gasteiger partial charge in [0.15, 0.2) is 0 Å². The van der Waals surface area contributed by atoms with E-state index in [1.807, 2.05) is 0 Å². The molecule has 31 heavy (non-hydrogen) atoms. The highest BCUT2D eigenvalue weighted by Crippen LogP contribution is 2.24. The molecule has 0 bridgehead atoms. The molecule has 1 aromatic heterocycles. The van der Waals surface area contributed by atoms with Crippen molar-refractivity contribution in [1.82, 2.24) is 20.4 Å². The molecule has 2 atom stereocenters. The van der Waals surface area contributed by atoms with Crippen LogP contribution in [0.2, 0.25) is 0 Å². The second kappa shape index (κ2) is 9.45. The number of hydrogen-bond donors (Lipinski definition) is 1. The zero-order valence-electron chi connectivity index (χ0n) is 18.4. The first-order valence-electron chi connectivity index (χ1n) is 10.5. The summed E-state index contributed by atoms with van der Waals surface area (Å²) in [6.45, 7) is 8.10. The molecule has 0 radical (unpaired) electrons. The summed E-state index contributed by atoms with van der Waals surface area (Å²) in [6.07, 6.45) is 1.63. The Morgan fingerprint density at radius 2 is 2.10 bits per heavy atom. The summed E-state index contributed by atoms with van der Waals surface area (Å²) >= 11 is 0. The summed E-state index contributed by atoms with van der Waals surface area (Å²) in [5.74, 6) is 0.203. The number of nitrogens with one attached hydrogen (secondary N) is 1. The number of aromatic nitrogens is 2. The van der Waals surface area contributed by atoms with Gasteiger partial charge in [0, 0.05) is 19.5 Å². The van der Waals surface area contributed by atoms with Crippen LogP contribution in [-0.4, -0.2) is 51.8 Å². The third-order valence-corrected chi connectivity index (χ3v) is 4.98. The van der Waals surface area contributed by atoms with Crippen molar-refractivity contribution < 1.29 is 23.2 Å². The zero-order valence-corrected chi connectivity index (χ0v) is 18.4. The van der Waals surface area contributed by atoms with E-state index >= 15 is 0 Å². The minimum absolute atomic E-state index is 0.139. The number of piperidine rings is 1. The first-order chi connectivity index (χ1) is 14.6. The van der Waals surface area contributed by atoms with Gasteiger partial charge in [0.05, 0.1) is 5.56 Å². The van der Waals surface area contributed by atoms with Crippen LogP contribution in [0.5, 0.6) is 0 Å². The van der Waals surface area contributed by atoms with E-state index in [9.17, 15) is 14.0 Å². The van der Waals surface area contributed by atoms with Crippen molar-refractivity contribution in [3.8, 4) is 11.4 Å². The Kier molecular flexibility index (Phi) is 6.92. The van der Waals surface area contributed by atoms with E-state index in [-0.39, 0.29) is 17.6 Å². The first kappa shape index (κ1) is 22.7. The van der Waals surface area contributed by atoms with E-state index in [1.165, 1.54) is 6.07 Å². The molecule has 2 unspecified atom stereocenters. The second-order valence-corrected chi connectivity index (χ2v) is 8.86. The SMILES string of the molecule is CC(NC(=O)OC(C)(C)C)C(=O)N1CCCC(Cc2nc(-c3ccccc3F)no2)C1. The normalized spacial score (nSPS) is 17.8. The number of amides is 2. The van der Waals surface area contributed by atoms with Crippen LogP contribution in [0.3, 0.4) is 0 Å². The van der Waals surface area contributed by atoms with Gasteiger partial charge in [0.25, 0.3) is 0 Å². The average Bonchev–Trinajstić information content (AvgIpc) is 3.14. The molecule has 0 spiro atoms. The highest BCUT2D eigenvalue weighted by Gasteiger charge is 2.29. The molecule has 1 aromatic carbocycles. The second-order valence-electron chi connectivity index (χ2n) is 8.86. The molecular formula is C22H29FN4O4. The number of ether oxygens (including phenoxy) is 1.